The third-order valence-electron chi connectivity index (χ3n) is 6.30. The Hall–Kier alpha value is -2.03. The maximum Gasteiger partial charge on any atom is 0.270 e. The number of aromatic nitrogens is 1. The van der Waals surface area contributed by atoms with E-state index in [2.05, 4.69) is 20.5 Å². The van der Waals surface area contributed by atoms with Gasteiger partial charge in [-0.1, -0.05) is 0 Å². The van der Waals surface area contributed by atoms with E-state index in [9.17, 15) is 9.59 Å². The number of piperazine rings is 1. The summed E-state index contributed by atoms with van der Waals surface area (Å²) in [5, 5.41) is 9.19. The molecule has 0 saturated carbocycles. The van der Waals surface area contributed by atoms with E-state index in [0.717, 1.165) is 55.7 Å². The molecule has 6 heterocycles. The van der Waals surface area contributed by atoms with Crippen LogP contribution in [-0.2, 0) is 0 Å². The Labute approximate surface area is 168 Å². The number of nitrogens with zero attached hydrogens (tertiary/aromatic N) is 3. The van der Waals surface area contributed by atoms with E-state index in [-0.39, 0.29) is 17.9 Å². The van der Waals surface area contributed by atoms with Crippen molar-refractivity contribution in [1.29, 1.82) is 0 Å². The molecule has 4 aliphatic rings. The Morgan fingerprint density at radius 1 is 1.18 bits per heavy atom. The van der Waals surface area contributed by atoms with E-state index in [4.69, 9.17) is 0 Å². The minimum absolute atomic E-state index is 0.0442. The molecule has 2 N–H and O–H groups in total. The molecule has 0 aromatic carbocycles. The second kappa shape index (κ2) is 7.42. The summed E-state index contributed by atoms with van der Waals surface area (Å²) in [6.07, 6.45) is 4.04. The predicted molar refractivity (Wildman–Crippen MR) is 109 cm³/mol. The average molecular weight is 400 g/mol. The Bertz CT molecular complexity index is 899. The SMILES string of the molecule is O=C(NC1CN2CCC1CC2)c1cc2c(C(=O)N3CCNCC3)csc2cn1. The fourth-order valence-corrected chi connectivity index (χ4v) is 5.51. The monoisotopic (exact) mass is 399 g/mol. The highest BCUT2D eigenvalue weighted by atomic mass is 32.1. The Balaban J connectivity index is 1.36. The van der Waals surface area contributed by atoms with Crippen LogP contribution >= 0.6 is 11.3 Å². The smallest absolute Gasteiger partial charge is 0.270 e. The fraction of sp³-hybridized carbons (Fsp3) is 0.550. The molecule has 148 valence electrons. The van der Waals surface area contributed by atoms with E-state index in [1.807, 2.05) is 10.3 Å². The van der Waals surface area contributed by atoms with Crippen LogP contribution < -0.4 is 10.6 Å². The van der Waals surface area contributed by atoms with Crippen molar-refractivity contribution in [1.82, 2.24) is 25.4 Å². The van der Waals surface area contributed by atoms with Crippen molar-refractivity contribution in [2.24, 2.45) is 5.92 Å². The minimum Gasteiger partial charge on any atom is -0.346 e. The van der Waals surface area contributed by atoms with E-state index in [0.29, 0.717) is 30.3 Å². The molecule has 8 heteroatoms. The van der Waals surface area contributed by atoms with Crippen LogP contribution in [0.1, 0.15) is 33.7 Å². The summed E-state index contributed by atoms with van der Waals surface area (Å²) >= 11 is 1.51. The van der Waals surface area contributed by atoms with Crippen LogP contribution in [0.2, 0.25) is 0 Å². The molecule has 0 aliphatic carbocycles. The minimum atomic E-state index is -0.132. The van der Waals surface area contributed by atoms with Gasteiger partial charge in [-0.2, -0.15) is 0 Å². The van der Waals surface area contributed by atoms with E-state index in [1.54, 1.807) is 12.3 Å². The zero-order chi connectivity index (χ0) is 19.1. The van der Waals surface area contributed by atoms with Gasteiger partial charge in [0.15, 0.2) is 0 Å². The molecule has 28 heavy (non-hydrogen) atoms. The number of amides is 2. The molecule has 4 fully saturated rings. The van der Waals surface area contributed by atoms with Crippen LogP contribution in [0.5, 0.6) is 0 Å². The van der Waals surface area contributed by atoms with Crippen molar-refractivity contribution in [2.45, 2.75) is 18.9 Å². The highest BCUT2D eigenvalue weighted by Crippen LogP contribution is 2.29. The van der Waals surface area contributed by atoms with Gasteiger partial charge >= 0.3 is 0 Å². The summed E-state index contributed by atoms with van der Waals surface area (Å²) in [6.45, 7) is 6.30. The number of piperidine rings is 3. The van der Waals surface area contributed by atoms with Crippen LogP contribution in [0, 0.1) is 5.92 Å². The van der Waals surface area contributed by atoms with Crippen molar-refractivity contribution in [3.63, 3.8) is 0 Å². The summed E-state index contributed by atoms with van der Waals surface area (Å²) in [5.41, 5.74) is 1.08. The molecule has 1 unspecified atom stereocenters. The van der Waals surface area contributed by atoms with E-state index in [1.165, 1.54) is 11.3 Å². The molecule has 2 amide bonds. The molecule has 7 nitrogen and oxygen atoms in total. The lowest BCUT2D eigenvalue weighted by Crippen LogP contribution is -2.57. The molecule has 1 atom stereocenters. The second-order valence-electron chi connectivity index (χ2n) is 7.98. The lowest BCUT2D eigenvalue weighted by Gasteiger charge is -2.44. The Morgan fingerprint density at radius 2 is 1.96 bits per heavy atom. The molecular weight excluding hydrogens is 374 g/mol. The van der Waals surface area contributed by atoms with Gasteiger partial charge in [0.2, 0.25) is 0 Å². The van der Waals surface area contributed by atoms with Crippen LogP contribution in [0.25, 0.3) is 10.1 Å². The Morgan fingerprint density at radius 3 is 2.68 bits per heavy atom. The van der Waals surface area contributed by atoms with Gasteiger partial charge in [0.25, 0.3) is 11.8 Å². The standard InChI is InChI=1S/C20H25N5O2S/c26-19(23-17-11-24-5-1-13(17)2-6-24)16-9-14-15(12-28-18(14)10-22-16)20(27)25-7-3-21-4-8-25/h9-10,12-13,17,21H,1-8,11H2,(H,23,26). The third kappa shape index (κ3) is 3.29. The summed E-state index contributed by atoms with van der Waals surface area (Å²) in [5.74, 6) is 0.485. The normalized spacial score (nSPS) is 27.1. The number of fused-ring (bicyclic) bond motifs is 4. The molecule has 6 rings (SSSR count). The topological polar surface area (TPSA) is 77.6 Å². The first kappa shape index (κ1) is 18.0. The quantitative estimate of drug-likeness (QED) is 0.810. The predicted octanol–water partition coefficient (Wildman–Crippen LogP) is 1.17. The van der Waals surface area contributed by atoms with Gasteiger partial charge in [0.05, 0.1) is 10.3 Å². The number of thiophene rings is 1. The molecule has 0 radical (unpaired) electrons. The molecular formula is C20H25N5O2S. The van der Waals surface area contributed by atoms with Gasteiger partial charge in [0, 0.05) is 55.7 Å². The number of rotatable bonds is 3. The van der Waals surface area contributed by atoms with Crippen LogP contribution in [0.4, 0.5) is 0 Å². The lowest BCUT2D eigenvalue weighted by atomic mass is 9.84. The summed E-state index contributed by atoms with van der Waals surface area (Å²) in [6, 6.07) is 2.00. The average Bonchev–Trinajstić information content (AvgIpc) is 3.18. The first-order valence-corrected chi connectivity index (χ1v) is 11.0. The van der Waals surface area contributed by atoms with Crippen molar-refractivity contribution < 1.29 is 9.59 Å². The van der Waals surface area contributed by atoms with Gasteiger partial charge in [0.1, 0.15) is 5.69 Å². The molecule has 2 aromatic rings. The molecule has 2 bridgehead atoms. The molecule has 0 spiro atoms. The van der Waals surface area contributed by atoms with Gasteiger partial charge in [-0.05, 0) is 37.9 Å². The van der Waals surface area contributed by atoms with Crippen LogP contribution in [0.3, 0.4) is 0 Å². The number of pyridine rings is 1. The summed E-state index contributed by atoms with van der Waals surface area (Å²) < 4.78 is 0.942. The number of hydrogen-bond acceptors (Lipinski definition) is 6. The first-order valence-electron chi connectivity index (χ1n) is 10.1. The molecule has 4 aliphatic heterocycles. The van der Waals surface area contributed by atoms with Crippen LogP contribution in [0.15, 0.2) is 17.6 Å². The third-order valence-corrected chi connectivity index (χ3v) is 7.23. The number of hydrogen-bond donors (Lipinski definition) is 2. The lowest BCUT2D eigenvalue weighted by molar-refractivity contribution is 0.0617. The highest BCUT2D eigenvalue weighted by Gasteiger charge is 2.35. The van der Waals surface area contributed by atoms with Crippen molar-refractivity contribution in [3.05, 3.63) is 28.9 Å². The summed E-state index contributed by atoms with van der Waals surface area (Å²) in [4.78, 5) is 34.5. The number of carbonyl (C=O) groups excluding carboxylic acids is 2. The maximum absolute atomic E-state index is 12.9. The number of carbonyl (C=O) groups is 2. The zero-order valence-electron chi connectivity index (χ0n) is 15.8. The summed E-state index contributed by atoms with van der Waals surface area (Å²) in [7, 11) is 0. The largest absolute Gasteiger partial charge is 0.346 e. The van der Waals surface area contributed by atoms with E-state index < -0.39 is 0 Å². The fourth-order valence-electron chi connectivity index (χ4n) is 4.63. The van der Waals surface area contributed by atoms with Gasteiger partial charge in [-0.3, -0.25) is 9.59 Å². The van der Waals surface area contributed by atoms with Crippen molar-refractivity contribution in [2.75, 3.05) is 45.8 Å². The number of nitrogens with one attached hydrogen (secondary N) is 2. The molecule has 4 saturated heterocycles. The second-order valence-corrected chi connectivity index (χ2v) is 8.89. The Kier molecular flexibility index (Phi) is 4.78. The van der Waals surface area contributed by atoms with Crippen molar-refractivity contribution in [3.8, 4) is 0 Å². The highest BCUT2D eigenvalue weighted by molar-refractivity contribution is 7.17. The van der Waals surface area contributed by atoms with Crippen molar-refractivity contribution >= 4 is 33.2 Å². The molecule has 2 aromatic heterocycles. The van der Waals surface area contributed by atoms with E-state index >= 15 is 0 Å². The first-order chi connectivity index (χ1) is 13.7. The van der Waals surface area contributed by atoms with Crippen LogP contribution in [-0.4, -0.2) is 78.5 Å². The van der Waals surface area contributed by atoms with Gasteiger partial charge < -0.3 is 20.4 Å². The zero-order valence-corrected chi connectivity index (χ0v) is 16.6. The van der Waals surface area contributed by atoms with Gasteiger partial charge in [-0.15, -0.1) is 11.3 Å². The van der Waals surface area contributed by atoms with Gasteiger partial charge in [-0.25, -0.2) is 4.98 Å². The maximum atomic E-state index is 12.9.